The minimum absolute atomic E-state index is 0.480. The quantitative estimate of drug-likeness (QED) is 0.927. The second-order valence-electron chi connectivity index (χ2n) is 5.00. The van der Waals surface area contributed by atoms with Crippen molar-refractivity contribution in [3.05, 3.63) is 40.6 Å². The summed E-state index contributed by atoms with van der Waals surface area (Å²) < 4.78 is 5.17. The Hall–Kier alpha value is -1.94. The van der Waals surface area contributed by atoms with Gasteiger partial charge in [0.25, 0.3) is 0 Å². The molecule has 1 heterocycles. The molecule has 0 unspecified atom stereocenters. The van der Waals surface area contributed by atoms with Gasteiger partial charge in [-0.1, -0.05) is 6.07 Å². The van der Waals surface area contributed by atoms with E-state index < -0.39 is 0 Å². The van der Waals surface area contributed by atoms with Crippen molar-refractivity contribution in [3.8, 4) is 11.4 Å². The van der Waals surface area contributed by atoms with Crippen LogP contribution < -0.4 is 5.32 Å². The van der Waals surface area contributed by atoms with Gasteiger partial charge in [0.1, 0.15) is 5.82 Å². The molecule has 0 bridgehead atoms. The molecular formula is C16H21N3O. The highest BCUT2D eigenvalue weighted by molar-refractivity contribution is 5.63. The summed E-state index contributed by atoms with van der Waals surface area (Å²) in [5, 5.41) is 3.07. The smallest absolute Gasteiger partial charge is 0.162 e. The van der Waals surface area contributed by atoms with Crippen molar-refractivity contribution in [2.75, 3.05) is 19.5 Å². The molecule has 0 aliphatic heterocycles. The Balaban J connectivity index is 2.56. The number of rotatable bonds is 4. The molecule has 4 nitrogen and oxygen atoms in total. The lowest BCUT2D eigenvalue weighted by atomic mass is 10.0. The predicted molar refractivity (Wildman–Crippen MR) is 81.9 cm³/mol. The summed E-state index contributed by atoms with van der Waals surface area (Å²) in [6.45, 7) is 6.80. The van der Waals surface area contributed by atoms with Crippen LogP contribution in [0.5, 0.6) is 0 Å². The number of methoxy groups -OCH3 is 1. The molecule has 106 valence electrons. The Bertz CT molecular complexity index is 623. The van der Waals surface area contributed by atoms with Crippen molar-refractivity contribution in [3.63, 3.8) is 0 Å². The number of anilines is 1. The molecular weight excluding hydrogens is 250 g/mol. The molecule has 0 saturated heterocycles. The normalized spacial score (nSPS) is 10.7. The van der Waals surface area contributed by atoms with Crippen molar-refractivity contribution in [1.82, 2.24) is 9.97 Å². The molecule has 20 heavy (non-hydrogen) atoms. The molecule has 2 rings (SSSR count). The molecule has 0 radical (unpaired) electrons. The van der Waals surface area contributed by atoms with E-state index in [9.17, 15) is 0 Å². The number of aromatic nitrogens is 2. The average Bonchev–Trinajstić information content (AvgIpc) is 2.42. The number of nitrogens with one attached hydrogen (secondary N) is 1. The summed E-state index contributed by atoms with van der Waals surface area (Å²) in [7, 11) is 3.53. The van der Waals surface area contributed by atoms with Gasteiger partial charge in [-0.2, -0.15) is 0 Å². The zero-order chi connectivity index (χ0) is 14.7. The van der Waals surface area contributed by atoms with Crippen LogP contribution in [0.2, 0.25) is 0 Å². The standard InChI is InChI=1S/C16H21N3O/c1-10-6-12(3)14(7-11(10)2)16-18-13(9-20-5)8-15(17-4)19-16/h6-8H,9H2,1-5H3,(H,17,18,19). The molecule has 1 aromatic heterocycles. The number of benzene rings is 1. The van der Waals surface area contributed by atoms with E-state index in [-0.39, 0.29) is 0 Å². The molecule has 0 atom stereocenters. The van der Waals surface area contributed by atoms with Crippen LogP contribution in [0.15, 0.2) is 18.2 Å². The van der Waals surface area contributed by atoms with E-state index in [1.54, 1.807) is 7.11 Å². The molecule has 4 heteroatoms. The average molecular weight is 271 g/mol. The summed E-state index contributed by atoms with van der Waals surface area (Å²) in [5.41, 5.74) is 5.66. The minimum atomic E-state index is 0.480. The number of ether oxygens (including phenoxy) is 1. The predicted octanol–water partition coefficient (Wildman–Crippen LogP) is 3.26. The summed E-state index contributed by atoms with van der Waals surface area (Å²) in [6, 6.07) is 6.23. The monoisotopic (exact) mass is 271 g/mol. The van der Waals surface area contributed by atoms with Crippen molar-refractivity contribution in [1.29, 1.82) is 0 Å². The summed E-state index contributed by atoms with van der Waals surface area (Å²) in [4.78, 5) is 9.16. The van der Waals surface area contributed by atoms with Crippen LogP contribution in [-0.2, 0) is 11.3 Å². The lowest BCUT2D eigenvalue weighted by Crippen LogP contribution is -2.03. The minimum Gasteiger partial charge on any atom is -0.378 e. The van der Waals surface area contributed by atoms with Crippen LogP contribution in [0.1, 0.15) is 22.4 Å². The zero-order valence-electron chi connectivity index (χ0n) is 12.7. The first-order valence-corrected chi connectivity index (χ1v) is 6.68. The first-order valence-electron chi connectivity index (χ1n) is 6.68. The molecule has 0 spiro atoms. The van der Waals surface area contributed by atoms with Crippen LogP contribution in [0.3, 0.4) is 0 Å². The molecule has 0 fully saturated rings. The van der Waals surface area contributed by atoms with Gasteiger partial charge in [-0.3, -0.25) is 0 Å². The van der Waals surface area contributed by atoms with Crippen molar-refractivity contribution in [2.24, 2.45) is 0 Å². The van der Waals surface area contributed by atoms with Gasteiger partial charge in [-0.15, -0.1) is 0 Å². The molecule has 0 amide bonds. The van der Waals surface area contributed by atoms with E-state index in [0.717, 1.165) is 22.9 Å². The van der Waals surface area contributed by atoms with Crippen LogP contribution >= 0.6 is 0 Å². The molecule has 0 aliphatic carbocycles. The largest absolute Gasteiger partial charge is 0.378 e. The highest BCUT2D eigenvalue weighted by Crippen LogP contribution is 2.25. The van der Waals surface area contributed by atoms with Crippen molar-refractivity contribution in [2.45, 2.75) is 27.4 Å². The fourth-order valence-corrected chi connectivity index (χ4v) is 2.17. The maximum absolute atomic E-state index is 5.17. The fraction of sp³-hybridized carbons (Fsp3) is 0.375. The van der Waals surface area contributed by atoms with Gasteiger partial charge < -0.3 is 10.1 Å². The summed E-state index contributed by atoms with van der Waals surface area (Å²) >= 11 is 0. The molecule has 1 N–H and O–H groups in total. The fourth-order valence-electron chi connectivity index (χ4n) is 2.17. The Morgan fingerprint density at radius 2 is 1.70 bits per heavy atom. The van der Waals surface area contributed by atoms with E-state index in [2.05, 4.69) is 48.2 Å². The topological polar surface area (TPSA) is 47.0 Å². The third kappa shape index (κ3) is 2.96. The maximum Gasteiger partial charge on any atom is 0.162 e. The second kappa shape index (κ2) is 6.01. The number of nitrogens with zero attached hydrogens (tertiary/aromatic N) is 2. The van der Waals surface area contributed by atoms with E-state index in [1.807, 2.05) is 13.1 Å². The van der Waals surface area contributed by atoms with Gasteiger partial charge in [0.2, 0.25) is 0 Å². The second-order valence-corrected chi connectivity index (χ2v) is 5.00. The van der Waals surface area contributed by atoms with Crippen LogP contribution in [0, 0.1) is 20.8 Å². The highest BCUT2D eigenvalue weighted by atomic mass is 16.5. The van der Waals surface area contributed by atoms with E-state index in [4.69, 9.17) is 4.74 Å². The van der Waals surface area contributed by atoms with Gasteiger partial charge >= 0.3 is 0 Å². The molecule has 0 saturated carbocycles. The van der Waals surface area contributed by atoms with Crippen LogP contribution in [-0.4, -0.2) is 24.1 Å². The van der Waals surface area contributed by atoms with Crippen LogP contribution in [0.25, 0.3) is 11.4 Å². The lowest BCUT2D eigenvalue weighted by molar-refractivity contribution is 0.181. The van der Waals surface area contributed by atoms with Gasteiger partial charge in [-0.05, 0) is 43.5 Å². The van der Waals surface area contributed by atoms with E-state index in [0.29, 0.717) is 6.61 Å². The zero-order valence-corrected chi connectivity index (χ0v) is 12.7. The van der Waals surface area contributed by atoms with Gasteiger partial charge in [0.05, 0.1) is 12.3 Å². The number of hydrogen-bond donors (Lipinski definition) is 1. The first kappa shape index (κ1) is 14.5. The Kier molecular flexibility index (Phi) is 4.35. The van der Waals surface area contributed by atoms with Crippen molar-refractivity contribution < 1.29 is 4.74 Å². The number of hydrogen-bond acceptors (Lipinski definition) is 4. The maximum atomic E-state index is 5.17. The Morgan fingerprint density at radius 3 is 2.35 bits per heavy atom. The summed E-state index contributed by atoms with van der Waals surface area (Å²) in [5.74, 6) is 1.55. The summed E-state index contributed by atoms with van der Waals surface area (Å²) in [6.07, 6.45) is 0. The van der Waals surface area contributed by atoms with Gasteiger partial charge in [-0.25, -0.2) is 9.97 Å². The lowest BCUT2D eigenvalue weighted by Gasteiger charge is -2.11. The highest BCUT2D eigenvalue weighted by Gasteiger charge is 2.10. The first-order chi connectivity index (χ1) is 9.55. The van der Waals surface area contributed by atoms with E-state index >= 15 is 0 Å². The third-order valence-electron chi connectivity index (χ3n) is 3.41. The molecule has 0 aliphatic rings. The van der Waals surface area contributed by atoms with Gasteiger partial charge in [0, 0.05) is 25.8 Å². The van der Waals surface area contributed by atoms with Gasteiger partial charge in [0.15, 0.2) is 5.82 Å². The third-order valence-corrected chi connectivity index (χ3v) is 3.41. The Morgan fingerprint density at radius 1 is 1.00 bits per heavy atom. The molecule has 2 aromatic rings. The van der Waals surface area contributed by atoms with Crippen LogP contribution in [0.4, 0.5) is 5.82 Å². The molecule has 1 aromatic carbocycles. The SMILES string of the molecule is CNc1cc(COC)nc(-c2cc(C)c(C)cc2C)n1. The Labute approximate surface area is 120 Å². The van der Waals surface area contributed by atoms with Crippen molar-refractivity contribution >= 4 is 5.82 Å². The van der Waals surface area contributed by atoms with E-state index in [1.165, 1.54) is 16.7 Å². The number of aryl methyl sites for hydroxylation is 3.